The fraction of sp³-hybridized carbons (Fsp3) is 0.614. The van der Waals surface area contributed by atoms with Crippen molar-refractivity contribution in [3.63, 3.8) is 0 Å². The molecule has 0 fully saturated rings. The summed E-state index contributed by atoms with van der Waals surface area (Å²) in [5, 5.41) is 8.87. The van der Waals surface area contributed by atoms with E-state index in [1.54, 1.807) is 0 Å². The molecule has 12 heteroatoms. The van der Waals surface area contributed by atoms with Gasteiger partial charge in [0.1, 0.15) is 12.6 Å². The van der Waals surface area contributed by atoms with E-state index in [9.17, 15) is 23.8 Å². The third-order valence-electron chi connectivity index (χ3n) is 8.14. The van der Waals surface area contributed by atoms with Crippen LogP contribution in [0.5, 0.6) is 0 Å². The van der Waals surface area contributed by atoms with Gasteiger partial charge in [0.15, 0.2) is 6.10 Å². The zero-order valence-electron chi connectivity index (χ0n) is 34.2. The average molecular weight is 806 g/mol. The van der Waals surface area contributed by atoms with Gasteiger partial charge in [-0.05, 0) is 77.0 Å². The fourth-order valence-corrected chi connectivity index (χ4v) is 5.68. The lowest BCUT2D eigenvalue weighted by atomic mass is 10.1. The van der Waals surface area contributed by atoms with Crippen LogP contribution in [0, 0.1) is 0 Å². The van der Waals surface area contributed by atoms with Gasteiger partial charge in [-0.3, -0.25) is 23.4 Å². The highest BCUT2D eigenvalue weighted by Gasteiger charge is 2.28. The molecule has 11 nitrogen and oxygen atoms in total. The van der Waals surface area contributed by atoms with Crippen molar-refractivity contribution in [3.8, 4) is 0 Å². The number of phosphoric acid groups is 1. The number of ether oxygens (including phenoxy) is 2. The van der Waals surface area contributed by atoms with E-state index in [1.165, 1.54) is 25.7 Å². The number of hydrogen-bond donors (Lipinski definition) is 3. The van der Waals surface area contributed by atoms with Gasteiger partial charge in [0.2, 0.25) is 0 Å². The van der Waals surface area contributed by atoms with Crippen molar-refractivity contribution >= 4 is 25.7 Å². The molecule has 3 atom stereocenters. The van der Waals surface area contributed by atoms with Crippen LogP contribution in [-0.4, -0.2) is 59.9 Å². The number of carboxylic acids is 1. The molecule has 0 bridgehead atoms. The van der Waals surface area contributed by atoms with Gasteiger partial charge in [-0.2, -0.15) is 0 Å². The Bertz CT molecular complexity index is 1270. The molecule has 0 aliphatic carbocycles. The number of unbranched alkanes of at least 4 members (excludes halogenated alkanes) is 9. The van der Waals surface area contributed by atoms with Crippen molar-refractivity contribution in [2.24, 2.45) is 5.73 Å². The standard InChI is InChI=1S/C44H72NO10P/c1-3-5-7-9-11-13-15-17-18-19-20-21-22-24-26-28-30-32-34-36-43(47)55-40(38-53-56(50,51)54-39-41(45)44(48)49)37-52-42(46)35-33-31-29-27-25-23-16-14-12-10-8-6-4-2/h5,7,11,13-14,16-18,20-21,24,26,30,32,40-41H,3-4,6,8-10,12,15,19,22-23,25,27-29,31,33-39,45H2,1-2H3,(H,48,49)(H,50,51). The Labute approximate surface area is 337 Å². The second-order valence-corrected chi connectivity index (χ2v) is 14.8. The van der Waals surface area contributed by atoms with Gasteiger partial charge in [0.05, 0.1) is 13.2 Å². The van der Waals surface area contributed by atoms with Gasteiger partial charge >= 0.3 is 25.7 Å². The topological polar surface area (TPSA) is 172 Å². The Morgan fingerprint density at radius 1 is 0.571 bits per heavy atom. The van der Waals surface area contributed by atoms with Crippen molar-refractivity contribution in [2.45, 2.75) is 154 Å². The first-order valence-corrected chi connectivity index (χ1v) is 22.1. The largest absolute Gasteiger partial charge is 0.480 e. The summed E-state index contributed by atoms with van der Waals surface area (Å²) in [6.45, 7) is 2.56. The van der Waals surface area contributed by atoms with Crippen LogP contribution >= 0.6 is 7.82 Å². The van der Waals surface area contributed by atoms with Gasteiger partial charge in [-0.25, -0.2) is 4.57 Å². The van der Waals surface area contributed by atoms with Crippen molar-refractivity contribution in [1.29, 1.82) is 0 Å². The van der Waals surface area contributed by atoms with E-state index in [0.717, 1.165) is 70.6 Å². The number of carbonyl (C=O) groups excluding carboxylic acids is 2. The number of hydrogen-bond acceptors (Lipinski definition) is 9. The van der Waals surface area contributed by atoms with Crippen molar-refractivity contribution in [2.75, 3.05) is 19.8 Å². The minimum absolute atomic E-state index is 0.0299. The van der Waals surface area contributed by atoms with E-state index >= 15 is 0 Å². The molecule has 0 aromatic heterocycles. The van der Waals surface area contributed by atoms with Crippen LogP contribution in [0.3, 0.4) is 0 Å². The van der Waals surface area contributed by atoms with Gasteiger partial charge in [0, 0.05) is 12.8 Å². The summed E-state index contributed by atoms with van der Waals surface area (Å²) in [4.78, 5) is 45.8. The van der Waals surface area contributed by atoms with Gasteiger partial charge < -0.3 is 25.2 Å². The molecule has 0 aromatic rings. The minimum Gasteiger partial charge on any atom is -0.480 e. The summed E-state index contributed by atoms with van der Waals surface area (Å²) < 4.78 is 32.5. The third kappa shape index (κ3) is 37.6. The summed E-state index contributed by atoms with van der Waals surface area (Å²) in [7, 11) is -4.74. The van der Waals surface area contributed by atoms with Gasteiger partial charge in [-0.1, -0.05) is 137 Å². The Morgan fingerprint density at radius 2 is 1.04 bits per heavy atom. The average Bonchev–Trinajstić information content (AvgIpc) is 3.17. The van der Waals surface area contributed by atoms with E-state index in [2.05, 4.69) is 85.2 Å². The molecule has 0 aliphatic heterocycles. The second kappa shape index (κ2) is 38.5. The maximum atomic E-state index is 12.6. The van der Waals surface area contributed by atoms with Crippen molar-refractivity contribution in [3.05, 3.63) is 85.1 Å². The number of phosphoric ester groups is 1. The van der Waals surface area contributed by atoms with Crippen LogP contribution in [0.4, 0.5) is 0 Å². The summed E-state index contributed by atoms with van der Waals surface area (Å²) in [5.74, 6) is -2.51. The molecule has 0 aliphatic rings. The lowest BCUT2D eigenvalue weighted by Crippen LogP contribution is -2.34. The number of aliphatic carboxylic acids is 1. The molecule has 4 N–H and O–H groups in total. The van der Waals surface area contributed by atoms with Crippen LogP contribution in [0.1, 0.15) is 142 Å². The van der Waals surface area contributed by atoms with E-state index in [-0.39, 0.29) is 19.4 Å². The molecule has 0 spiro atoms. The Hall–Kier alpha value is -3.34. The zero-order valence-corrected chi connectivity index (χ0v) is 35.1. The third-order valence-corrected chi connectivity index (χ3v) is 9.09. The van der Waals surface area contributed by atoms with E-state index in [0.29, 0.717) is 19.3 Å². The van der Waals surface area contributed by atoms with Gasteiger partial charge in [0.25, 0.3) is 0 Å². The molecule has 0 radical (unpaired) electrons. The number of allylic oxidation sites excluding steroid dienone is 14. The van der Waals surface area contributed by atoms with Crippen LogP contribution in [0.15, 0.2) is 85.1 Å². The first-order chi connectivity index (χ1) is 27.1. The lowest BCUT2D eigenvalue weighted by molar-refractivity contribution is -0.161. The highest BCUT2D eigenvalue weighted by molar-refractivity contribution is 7.47. The van der Waals surface area contributed by atoms with Crippen molar-refractivity contribution in [1.82, 2.24) is 0 Å². The predicted octanol–water partition coefficient (Wildman–Crippen LogP) is 10.7. The Kier molecular flexibility index (Phi) is 36.2. The number of rotatable bonds is 37. The summed E-state index contributed by atoms with van der Waals surface area (Å²) in [6.07, 6.45) is 46.7. The molecular formula is C44H72NO10P. The number of carboxylic acid groups (broad SMARTS) is 1. The minimum atomic E-state index is -4.74. The van der Waals surface area contributed by atoms with Crippen LogP contribution in [0.25, 0.3) is 0 Å². The number of nitrogens with two attached hydrogens (primary N) is 1. The summed E-state index contributed by atoms with van der Waals surface area (Å²) >= 11 is 0. The summed E-state index contributed by atoms with van der Waals surface area (Å²) in [5.41, 5.74) is 5.32. The van der Waals surface area contributed by atoms with Crippen LogP contribution in [0.2, 0.25) is 0 Å². The summed E-state index contributed by atoms with van der Waals surface area (Å²) in [6, 6.07) is -1.54. The van der Waals surface area contributed by atoms with E-state index in [1.807, 2.05) is 18.2 Å². The highest BCUT2D eigenvalue weighted by Crippen LogP contribution is 2.43. The maximum absolute atomic E-state index is 12.6. The van der Waals surface area contributed by atoms with Crippen LogP contribution in [-0.2, 0) is 37.5 Å². The Morgan fingerprint density at radius 3 is 1.57 bits per heavy atom. The molecule has 318 valence electrons. The molecule has 0 rings (SSSR count). The van der Waals surface area contributed by atoms with Crippen LogP contribution < -0.4 is 5.73 Å². The monoisotopic (exact) mass is 805 g/mol. The normalized spacial score (nSPS) is 14.6. The lowest BCUT2D eigenvalue weighted by Gasteiger charge is -2.20. The quantitative estimate of drug-likeness (QED) is 0.0236. The zero-order chi connectivity index (χ0) is 41.4. The first kappa shape index (κ1) is 52.7. The predicted molar refractivity (Wildman–Crippen MR) is 226 cm³/mol. The molecule has 0 amide bonds. The van der Waals surface area contributed by atoms with Crippen molar-refractivity contribution < 1.29 is 47.5 Å². The van der Waals surface area contributed by atoms with E-state index < -0.39 is 51.1 Å². The number of esters is 2. The molecule has 0 saturated heterocycles. The fourth-order valence-electron chi connectivity index (χ4n) is 4.91. The first-order valence-electron chi connectivity index (χ1n) is 20.6. The van der Waals surface area contributed by atoms with E-state index in [4.69, 9.17) is 24.8 Å². The number of carbonyl (C=O) groups is 3. The molecule has 0 saturated carbocycles. The molecular weight excluding hydrogens is 733 g/mol. The SMILES string of the molecule is CCC=CCC=CCC=CCC=CCC=CCC=CCCC(=O)OC(COC(=O)CCCCCCCC=CCCCCCC)COP(=O)(O)OCC(N)C(=O)O. The van der Waals surface area contributed by atoms with Gasteiger partial charge in [-0.15, -0.1) is 0 Å². The molecule has 0 aromatic carbocycles. The molecule has 0 heterocycles. The Balaban J connectivity index is 4.56. The maximum Gasteiger partial charge on any atom is 0.472 e. The molecule has 56 heavy (non-hydrogen) atoms. The smallest absolute Gasteiger partial charge is 0.472 e. The second-order valence-electron chi connectivity index (χ2n) is 13.4. The molecule has 3 unspecified atom stereocenters. The highest BCUT2D eigenvalue weighted by atomic mass is 31.2.